The molecule has 0 bridgehead atoms. The summed E-state index contributed by atoms with van der Waals surface area (Å²) in [4.78, 5) is 11.9. The molecule has 0 heterocycles. The van der Waals surface area contributed by atoms with Gasteiger partial charge in [0.25, 0.3) is 5.91 Å². The Morgan fingerprint density at radius 3 is 2.72 bits per heavy atom. The lowest BCUT2D eigenvalue weighted by molar-refractivity contribution is 0.0943. The number of carbonyl (C=O) groups is 1. The number of phenols is 1. The van der Waals surface area contributed by atoms with Crippen LogP contribution in [0.25, 0.3) is 0 Å². The van der Waals surface area contributed by atoms with Gasteiger partial charge in [0.05, 0.1) is 11.6 Å². The lowest BCUT2D eigenvalue weighted by Gasteiger charge is -2.15. The molecule has 6 heteroatoms. The standard InChI is InChI=1S/C12H17N3O3/c1-3-9(11(13)15-18)14-12(17)8-5-4-7(2)6-10(8)16/h4-6,9,16,18H,3H2,1-2H3,(H2,13,15)(H,14,17). The number of amidine groups is 1. The quantitative estimate of drug-likeness (QED) is 0.276. The summed E-state index contributed by atoms with van der Waals surface area (Å²) in [6, 6.07) is 4.18. The van der Waals surface area contributed by atoms with Crippen molar-refractivity contribution in [3.63, 3.8) is 0 Å². The van der Waals surface area contributed by atoms with Gasteiger partial charge in [-0.15, -0.1) is 0 Å². The average molecular weight is 251 g/mol. The van der Waals surface area contributed by atoms with Gasteiger partial charge in [-0.25, -0.2) is 0 Å². The van der Waals surface area contributed by atoms with Gasteiger partial charge in [0.2, 0.25) is 0 Å². The number of aromatic hydroxyl groups is 1. The third-order valence-corrected chi connectivity index (χ3v) is 2.58. The lowest BCUT2D eigenvalue weighted by atomic mass is 10.1. The minimum atomic E-state index is -0.566. The molecule has 1 aromatic carbocycles. The van der Waals surface area contributed by atoms with Crippen molar-refractivity contribution in [2.24, 2.45) is 10.9 Å². The van der Waals surface area contributed by atoms with Gasteiger partial charge in [0.15, 0.2) is 5.84 Å². The van der Waals surface area contributed by atoms with Crippen LogP contribution in [0, 0.1) is 6.92 Å². The first-order valence-electron chi connectivity index (χ1n) is 5.57. The Morgan fingerprint density at radius 1 is 1.56 bits per heavy atom. The number of hydrogen-bond donors (Lipinski definition) is 4. The molecule has 6 nitrogen and oxygen atoms in total. The zero-order valence-corrected chi connectivity index (χ0v) is 10.3. The van der Waals surface area contributed by atoms with Crippen LogP contribution in [0.3, 0.4) is 0 Å². The van der Waals surface area contributed by atoms with Crippen molar-refractivity contribution in [2.75, 3.05) is 0 Å². The fourth-order valence-corrected chi connectivity index (χ4v) is 1.52. The maximum absolute atomic E-state index is 11.9. The van der Waals surface area contributed by atoms with E-state index in [1.165, 1.54) is 12.1 Å². The molecule has 1 amide bonds. The van der Waals surface area contributed by atoms with Gasteiger partial charge in [-0.1, -0.05) is 18.1 Å². The second kappa shape index (κ2) is 5.90. The largest absolute Gasteiger partial charge is 0.507 e. The summed E-state index contributed by atoms with van der Waals surface area (Å²) in [5.41, 5.74) is 6.45. The molecule has 18 heavy (non-hydrogen) atoms. The Kier molecular flexibility index (Phi) is 4.53. The number of amides is 1. The monoisotopic (exact) mass is 251 g/mol. The van der Waals surface area contributed by atoms with Crippen molar-refractivity contribution in [3.05, 3.63) is 29.3 Å². The summed E-state index contributed by atoms with van der Waals surface area (Å²) in [7, 11) is 0. The van der Waals surface area contributed by atoms with Crippen LogP contribution >= 0.6 is 0 Å². The van der Waals surface area contributed by atoms with E-state index < -0.39 is 11.9 Å². The molecule has 1 rings (SSSR count). The van der Waals surface area contributed by atoms with Crippen molar-refractivity contribution in [1.82, 2.24) is 5.32 Å². The van der Waals surface area contributed by atoms with E-state index in [9.17, 15) is 9.90 Å². The second-order valence-corrected chi connectivity index (χ2v) is 3.98. The van der Waals surface area contributed by atoms with Crippen LogP contribution in [0.15, 0.2) is 23.4 Å². The van der Waals surface area contributed by atoms with Gasteiger partial charge in [0.1, 0.15) is 5.75 Å². The maximum Gasteiger partial charge on any atom is 0.255 e. The number of phenolic OH excluding ortho intramolecular Hbond substituents is 1. The van der Waals surface area contributed by atoms with Crippen LogP contribution in [0.1, 0.15) is 29.3 Å². The van der Waals surface area contributed by atoms with Gasteiger partial charge in [0, 0.05) is 0 Å². The van der Waals surface area contributed by atoms with Crippen LogP contribution in [-0.2, 0) is 0 Å². The first kappa shape index (κ1) is 13.8. The first-order valence-corrected chi connectivity index (χ1v) is 5.57. The molecular formula is C12H17N3O3. The van der Waals surface area contributed by atoms with Crippen molar-refractivity contribution >= 4 is 11.7 Å². The number of oxime groups is 1. The van der Waals surface area contributed by atoms with Gasteiger partial charge >= 0.3 is 0 Å². The summed E-state index contributed by atoms with van der Waals surface area (Å²) in [6.45, 7) is 3.60. The normalized spacial score (nSPS) is 13.1. The summed E-state index contributed by atoms with van der Waals surface area (Å²) >= 11 is 0. The highest BCUT2D eigenvalue weighted by Gasteiger charge is 2.18. The smallest absolute Gasteiger partial charge is 0.255 e. The van der Waals surface area contributed by atoms with Crippen LogP contribution in [0.5, 0.6) is 5.75 Å². The number of nitrogens with one attached hydrogen (secondary N) is 1. The second-order valence-electron chi connectivity index (χ2n) is 3.98. The van der Waals surface area contributed by atoms with Gasteiger partial charge in [-0.05, 0) is 31.0 Å². The maximum atomic E-state index is 11.9. The number of nitrogens with two attached hydrogens (primary N) is 1. The molecular weight excluding hydrogens is 234 g/mol. The molecule has 0 aromatic heterocycles. The molecule has 98 valence electrons. The van der Waals surface area contributed by atoms with Crippen molar-refractivity contribution < 1.29 is 15.1 Å². The lowest BCUT2D eigenvalue weighted by Crippen LogP contribution is -2.44. The average Bonchev–Trinajstić information content (AvgIpc) is 2.34. The molecule has 0 saturated heterocycles. The summed E-state index contributed by atoms with van der Waals surface area (Å²) in [6.07, 6.45) is 0.480. The number of aryl methyl sites for hydroxylation is 1. The fraction of sp³-hybridized carbons (Fsp3) is 0.333. The van der Waals surface area contributed by atoms with Crippen molar-refractivity contribution in [3.8, 4) is 5.75 Å². The minimum Gasteiger partial charge on any atom is -0.507 e. The van der Waals surface area contributed by atoms with Gasteiger partial charge in [-0.3, -0.25) is 4.79 Å². The molecule has 0 radical (unpaired) electrons. The molecule has 0 aliphatic heterocycles. The Morgan fingerprint density at radius 2 is 2.22 bits per heavy atom. The number of nitrogens with zero attached hydrogens (tertiary/aromatic N) is 1. The van der Waals surface area contributed by atoms with E-state index in [-0.39, 0.29) is 17.1 Å². The highest BCUT2D eigenvalue weighted by atomic mass is 16.4. The van der Waals surface area contributed by atoms with Crippen LogP contribution in [0.2, 0.25) is 0 Å². The van der Waals surface area contributed by atoms with Crippen LogP contribution in [0.4, 0.5) is 0 Å². The molecule has 0 saturated carbocycles. The molecule has 5 N–H and O–H groups in total. The highest BCUT2D eigenvalue weighted by molar-refractivity contribution is 6.00. The third kappa shape index (κ3) is 3.13. The van der Waals surface area contributed by atoms with E-state index in [0.29, 0.717) is 6.42 Å². The number of rotatable bonds is 4. The topological polar surface area (TPSA) is 108 Å². The number of benzene rings is 1. The summed E-state index contributed by atoms with van der Waals surface area (Å²) in [5.74, 6) is -0.634. The van der Waals surface area contributed by atoms with Gasteiger partial charge < -0.3 is 21.4 Å². The predicted molar refractivity (Wildman–Crippen MR) is 67.8 cm³/mol. The zero-order chi connectivity index (χ0) is 13.7. The van der Waals surface area contributed by atoms with E-state index in [4.69, 9.17) is 10.9 Å². The number of carbonyl (C=O) groups excluding carboxylic acids is 1. The summed E-state index contributed by atoms with van der Waals surface area (Å²) < 4.78 is 0. The Bertz CT molecular complexity index is 472. The van der Waals surface area contributed by atoms with E-state index in [2.05, 4.69) is 10.5 Å². The van der Waals surface area contributed by atoms with Crippen molar-refractivity contribution in [1.29, 1.82) is 0 Å². The molecule has 1 unspecified atom stereocenters. The van der Waals surface area contributed by atoms with Crippen molar-refractivity contribution in [2.45, 2.75) is 26.3 Å². The molecule has 0 aliphatic carbocycles. The Hall–Kier alpha value is -2.24. The fourth-order valence-electron chi connectivity index (χ4n) is 1.52. The third-order valence-electron chi connectivity index (χ3n) is 2.58. The summed E-state index contributed by atoms with van der Waals surface area (Å²) in [5, 5.41) is 23.7. The molecule has 1 atom stereocenters. The zero-order valence-electron chi connectivity index (χ0n) is 10.3. The first-order chi connectivity index (χ1) is 8.49. The SMILES string of the molecule is CCC(NC(=O)c1ccc(C)cc1O)/C(N)=N/O. The van der Waals surface area contributed by atoms with E-state index in [1.807, 2.05) is 6.92 Å². The molecule has 1 aromatic rings. The molecule has 0 aliphatic rings. The van der Waals surface area contributed by atoms with Gasteiger partial charge in [-0.2, -0.15) is 0 Å². The molecule has 0 spiro atoms. The highest BCUT2D eigenvalue weighted by Crippen LogP contribution is 2.18. The predicted octanol–water partition coefficient (Wildman–Crippen LogP) is 0.955. The molecule has 0 fully saturated rings. The minimum absolute atomic E-state index is 0.0718. The van der Waals surface area contributed by atoms with E-state index in [0.717, 1.165) is 5.56 Å². The van der Waals surface area contributed by atoms with E-state index in [1.54, 1.807) is 13.0 Å². The Balaban J connectivity index is 2.88. The number of hydrogen-bond acceptors (Lipinski definition) is 4. The Labute approximate surface area is 105 Å². The van der Waals surface area contributed by atoms with Crippen LogP contribution < -0.4 is 11.1 Å². The van der Waals surface area contributed by atoms with Crippen LogP contribution in [-0.4, -0.2) is 28.1 Å². The van der Waals surface area contributed by atoms with E-state index >= 15 is 0 Å².